The Balaban J connectivity index is 0.00000264. The van der Waals surface area contributed by atoms with E-state index in [-0.39, 0.29) is 98.7 Å². The first-order valence-corrected chi connectivity index (χ1v) is 47.2. The Kier molecular flexibility index (Phi) is 32.4. The molecule has 2 aliphatic heterocycles. The van der Waals surface area contributed by atoms with Crippen molar-refractivity contribution >= 4 is 124 Å². The number of rotatable bonds is 37. The number of carbonyl (C=O) groups is 9. The number of ketones is 2. The van der Waals surface area contributed by atoms with Crippen LogP contribution < -0.4 is 20.9 Å². The number of aliphatic hydroxyl groups is 3. The van der Waals surface area contributed by atoms with Crippen molar-refractivity contribution in [2.24, 2.45) is 39.9 Å². The molecule has 5 heterocycles. The first kappa shape index (κ1) is 97.7. The fraction of sp³-hybridized carbons (Fsp3) is 0.570. The number of anilines is 2. The van der Waals surface area contributed by atoms with Crippen LogP contribution in [-0.2, 0) is 112 Å². The number of Topliss-reactive ketones (excluding diaryl/α,β-unsaturated/α-hetero) is 2. The van der Waals surface area contributed by atoms with Crippen molar-refractivity contribution in [3.8, 4) is 11.1 Å². The van der Waals surface area contributed by atoms with Crippen LogP contribution in [0.1, 0.15) is 167 Å². The number of thiazole rings is 1. The van der Waals surface area contributed by atoms with E-state index in [0.717, 1.165) is 51.2 Å². The van der Waals surface area contributed by atoms with Crippen molar-refractivity contribution in [1.82, 2.24) is 40.2 Å². The van der Waals surface area contributed by atoms with E-state index >= 15 is 0 Å². The maximum absolute atomic E-state index is 14.5. The Morgan fingerprint density at radius 2 is 1.50 bits per heavy atom. The highest BCUT2D eigenvalue weighted by Gasteiger charge is 2.66. The van der Waals surface area contributed by atoms with Gasteiger partial charge >= 0.3 is 24.2 Å². The molecule has 7 aliphatic rings. The number of carboxylic acids is 2. The number of carbonyl (C=O) groups excluding carboxylic acids is 9. The summed E-state index contributed by atoms with van der Waals surface area (Å²) in [6, 6.07) is 18.7. The number of ether oxygens (including phenoxy) is 3. The van der Waals surface area contributed by atoms with Gasteiger partial charge in [0.25, 0.3) is 26.1 Å². The highest BCUT2D eigenvalue weighted by atomic mass is 32.2. The van der Waals surface area contributed by atoms with Gasteiger partial charge in [-0.05, 0) is 183 Å². The summed E-state index contributed by atoms with van der Waals surface area (Å²) in [6.07, 6.45) is 4.39. The van der Waals surface area contributed by atoms with Gasteiger partial charge in [-0.3, -0.25) is 52.7 Å². The molecule has 13 rings (SSSR count). The molecule has 6 fully saturated rings. The number of pyridine rings is 1. The van der Waals surface area contributed by atoms with Crippen LogP contribution in [0.15, 0.2) is 79.0 Å². The zero-order valence-corrected chi connectivity index (χ0v) is 74.7. The molecule has 10 N–H and O–H groups in total. The lowest BCUT2D eigenvalue weighted by Crippen LogP contribution is -2.64. The zero-order valence-electron chi connectivity index (χ0n) is 71.4. The molecule has 3 aromatic heterocycles. The second-order valence-electron chi connectivity index (χ2n) is 35.0. The van der Waals surface area contributed by atoms with Gasteiger partial charge in [-0.1, -0.05) is 88.4 Å². The minimum atomic E-state index is -4.64. The van der Waals surface area contributed by atoms with Gasteiger partial charge < -0.3 is 65.1 Å². The third kappa shape index (κ3) is 24.8. The summed E-state index contributed by atoms with van der Waals surface area (Å²) in [4.78, 5) is 152. The number of benzene rings is 3. The van der Waals surface area contributed by atoms with Crippen molar-refractivity contribution in [2.45, 2.75) is 200 Å². The van der Waals surface area contributed by atoms with E-state index in [4.69, 9.17) is 33.9 Å². The molecule has 11 atom stereocenters. The summed E-state index contributed by atoms with van der Waals surface area (Å²) < 4.78 is 87.9. The molecule has 5 saturated carbocycles. The number of aliphatic hydroxyl groups excluding tert-OH is 3. The quantitative estimate of drug-likeness (QED) is 0.0134. The second-order valence-corrected chi connectivity index (χ2v) is 40.0. The topological polar surface area (TPSA) is 515 Å². The number of aromatic carboxylic acids is 1. The van der Waals surface area contributed by atoms with E-state index in [2.05, 4.69) is 34.8 Å². The largest absolute Gasteiger partial charge is 0.481 e. The average molecular weight is 1810 g/mol. The molecular formula is C86H112N10O25S4. The monoisotopic (exact) mass is 1810 g/mol. The van der Waals surface area contributed by atoms with Crippen LogP contribution in [-0.4, -0.2) is 252 Å². The highest BCUT2D eigenvalue weighted by Crippen LogP contribution is 2.72. The predicted molar refractivity (Wildman–Crippen MR) is 459 cm³/mol. The Labute approximate surface area is 733 Å². The van der Waals surface area contributed by atoms with Gasteiger partial charge in [0.05, 0.1) is 90.1 Å². The number of fused-ring (bicyclic) bond motifs is 2. The molecule has 0 radical (unpaired) electrons. The number of carboxylic acid groups (broad SMARTS) is 2. The Hall–Kier alpha value is -9.51. The van der Waals surface area contributed by atoms with Gasteiger partial charge in [0.2, 0.25) is 17.7 Å². The fourth-order valence-electron chi connectivity index (χ4n) is 19.8. The lowest BCUT2D eigenvalue weighted by atomic mass is 9.39. The Morgan fingerprint density at radius 1 is 0.808 bits per heavy atom. The molecule has 0 spiro atoms. The van der Waals surface area contributed by atoms with Gasteiger partial charge in [0.15, 0.2) is 22.4 Å². The summed E-state index contributed by atoms with van der Waals surface area (Å²) in [7, 11) is -9.01. The first-order chi connectivity index (χ1) is 58.9. The third-order valence-corrected chi connectivity index (χ3v) is 27.0. The average Bonchev–Trinajstić information content (AvgIpc) is 1.27. The number of aliphatic carboxylic acids is 1. The summed E-state index contributed by atoms with van der Waals surface area (Å²) >= 11 is 3.13. The van der Waals surface area contributed by atoms with Crippen LogP contribution in [0.4, 0.5) is 15.7 Å². The van der Waals surface area contributed by atoms with Crippen LogP contribution in [0.5, 0.6) is 0 Å². The highest BCUT2D eigenvalue weighted by molar-refractivity contribution is 7.97. The number of aryl methyl sites for hydroxylation is 1. The summed E-state index contributed by atoms with van der Waals surface area (Å²) in [6.45, 7) is 11.8. The van der Waals surface area contributed by atoms with Gasteiger partial charge in [-0.15, -0.1) is 0 Å². The number of aromatic nitrogens is 4. The molecule has 5 aliphatic carbocycles. The van der Waals surface area contributed by atoms with Crippen LogP contribution in [0, 0.1) is 46.8 Å². The first-order valence-electron chi connectivity index (χ1n) is 41.5. The minimum absolute atomic E-state index is 0.0284. The number of likely N-dealkylation sites (tertiary alicyclic amines) is 1. The summed E-state index contributed by atoms with van der Waals surface area (Å²) in [5, 5.41) is 67.1. The number of hydrogen-bond acceptors (Lipinski definition) is 27. The van der Waals surface area contributed by atoms with E-state index in [1.807, 2.05) is 65.4 Å². The Morgan fingerprint density at radius 3 is 2.16 bits per heavy atom. The van der Waals surface area contributed by atoms with Gasteiger partial charge in [0, 0.05) is 80.3 Å². The van der Waals surface area contributed by atoms with Crippen LogP contribution >= 0.6 is 23.1 Å². The van der Waals surface area contributed by atoms with Crippen molar-refractivity contribution in [3.63, 3.8) is 0 Å². The maximum atomic E-state index is 14.5. The van der Waals surface area contributed by atoms with Crippen molar-refractivity contribution in [3.05, 3.63) is 124 Å². The van der Waals surface area contributed by atoms with Crippen LogP contribution in [0.3, 0.4) is 0 Å². The minimum Gasteiger partial charge on any atom is -0.481 e. The van der Waals surface area contributed by atoms with E-state index in [1.54, 1.807) is 75.1 Å². The second kappa shape index (κ2) is 41.5. The zero-order chi connectivity index (χ0) is 91.4. The number of nitrogens with one attached hydrogen (secondary N) is 3. The third-order valence-electron chi connectivity index (χ3n) is 24.6. The number of para-hydroxylation sites is 1. The molecule has 3 aromatic carbocycles. The number of amides is 5. The number of hydrogen-bond donors (Lipinski definition) is 10. The van der Waals surface area contributed by atoms with E-state index in [1.165, 1.54) is 23.2 Å². The molecule has 35 nitrogen and oxygen atoms in total. The molecule has 6 aromatic rings. The van der Waals surface area contributed by atoms with Crippen molar-refractivity contribution in [1.29, 1.82) is 0 Å². The number of nitrogens with zero attached hydrogens (tertiary/aromatic N) is 7. The lowest BCUT2D eigenvalue weighted by molar-refractivity contribution is -0.248. The molecule has 39 heteroatoms. The molecular weight excluding hydrogens is 1700 g/mol. The standard InChI is InChI=1S/C83H106N10O23S3.C2H6S.CO2/c1-8-68(96)86-64-33-55(39-114-27-29-119(111,112)113)92(75(64)102)36-56(94)34-59(47(2)3)74(101)85-48(4)65(95)31-50-16-17-54(52(30-50)18-19-53-32-60(76(103)104)71(98)72(99)70(53)97)38-115-79(107)90(25-28-118(108,109)110)24-26-116-83-43-80(6)40-81(7,44-83)42-82(41-80,45-83)46-93-49(5)61(35-84-93)57-20-21-67(88-69(57)77(105)106)91-23-22-51-12-11-13-58(62(51)37-91)73(100)89-78-87-63-14-9-10-15-66(63)117-78;1-3-2;2-1-3/h9-17,20-21,30,35,47-48,53,55,59-60,64,70-72,97-99H,8,18-19,22-29,31-34,36-46H2,1-7H3,(H,85,101)(H,86,96)(H,103,104)(H,105,106)(H,87,89,100)(H,108,109,110)(H,111,112,113);1-2H3;/t48-,53+,55-,59-,60?,64-,70-,71+,72+,80?,81?,82?,83?;;/m0../s1. The van der Waals surface area contributed by atoms with Crippen molar-refractivity contribution in [2.75, 3.05) is 80.2 Å². The van der Waals surface area contributed by atoms with Crippen LogP contribution in [0.25, 0.3) is 21.3 Å². The fourth-order valence-corrected chi connectivity index (χ4v) is 21.5. The predicted octanol–water partition coefficient (Wildman–Crippen LogP) is 7.42. The van der Waals surface area contributed by atoms with Crippen molar-refractivity contribution < 1.29 is 118 Å². The number of thioether (sulfide) groups is 1. The molecule has 5 amide bonds. The summed E-state index contributed by atoms with van der Waals surface area (Å²) in [5.41, 5.74) is 4.41. The van der Waals surface area contributed by atoms with E-state index < -0.39 is 171 Å². The molecule has 4 bridgehead atoms. The smallest absolute Gasteiger partial charge is 0.410 e. The van der Waals surface area contributed by atoms with Gasteiger partial charge in [0.1, 0.15) is 24.6 Å². The summed E-state index contributed by atoms with van der Waals surface area (Å²) in [5.74, 6) is -10.5. The van der Waals surface area contributed by atoms with E-state index in [0.29, 0.717) is 89.6 Å². The van der Waals surface area contributed by atoms with Crippen LogP contribution in [0.2, 0.25) is 0 Å². The SMILES string of the molecule is CCC(=O)N[C@H]1C[C@@H](COCCS(=O)(=O)O)N(CC(=O)C[C@H](C(=O)N[C@@H](C)C(=O)Cc2ccc(COC(=O)N(CCOC34CC5(C)CC(C)(CC(Cn6ncc(-c7ccc(N8CCc9cccc(C(=O)Nc%10nc%11ccccc%11s%10)c9C8)nc7C(=O)O)c6C)(C5)C3)C4)CCS(=O)(=O)O)c(CC[C@@H]3CC(C(=O)O)[C@@H](O)[C@H](O)[C@H]3O)c2)C(C)C)C1=O.CSC.O=C=O. The van der Waals surface area contributed by atoms with E-state index in [9.17, 15) is 94.6 Å². The molecule has 125 heavy (non-hydrogen) atoms. The molecule has 680 valence electrons. The maximum Gasteiger partial charge on any atom is 0.410 e. The van der Waals surface area contributed by atoms with Gasteiger partial charge in [-0.2, -0.15) is 43.3 Å². The molecule has 1 saturated heterocycles. The van der Waals surface area contributed by atoms with Gasteiger partial charge in [-0.25, -0.2) is 19.6 Å². The lowest BCUT2D eigenvalue weighted by Gasteiger charge is -2.69. The Bertz CT molecular complexity index is 5200. The normalized spacial score (nSPS) is 24.2. The molecule has 3 unspecified atom stereocenters.